The molecule has 0 spiro atoms. The SMILES string of the molecule is COC(=O)c1occc1CN(C)C1CCCC1CN. The van der Waals surface area contributed by atoms with Crippen molar-refractivity contribution in [3.8, 4) is 0 Å². The van der Waals surface area contributed by atoms with Crippen LogP contribution in [0.4, 0.5) is 0 Å². The quantitative estimate of drug-likeness (QED) is 0.820. The molecule has 1 aliphatic rings. The first-order valence-corrected chi connectivity index (χ1v) is 6.72. The molecule has 2 atom stereocenters. The van der Waals surface area contributed by atoms with Gasteiger partial charge in [0.2, 0.25) is 5.76 Å². The zero-order valence-corrected chi connectivity index (χ0v) is 11.6. The third kappa shape index (κ3) is 2.98. The Morgan fingerprint density at radius 2 is 2.37 bits per heavy atom. The summed E-state index contributed by atoms with van der Waals surface area (Å²) in [7, 11) is 3.44. The molecule has 2 rings (SSSR count). The lowest BCUT2D eigenvalue weighted by molar-refractivity contribution is 0.0561. The van der Waals surface area contributed by atoms with Gasteiger partial charge in [0.15, 0.2) is 0 Å². The number of methoxy groups -OCH3 is 1. The number of carbonyl (C=O) groups excluding carboxylic acids is 1. The third-order valence-electron chi connectivity index (χ3n) is 4.03. The monoisotopic (exact) mass is 266 g/mol. The lowest BCUT2D eigenvalue weighted by Crippen LogP contribution is -2.37. The Morgan fingerprint density at radius 3 is 3.05 bits per heavy atom. The molecule has 1 saturated carbocycles. The number of esters is 1. The molecular weight excluding hydrogens is 244 g/mol. The molecule has 2 unspecified atom stereocenters. The standard InChI is InChI=1S/C14H22N2O3/c1-16(12-5-3-4-10(12)8-15)9-11-6-7-19-13(11)14(17)18-2/h6-7,10,12H,3-5,8-9,15H2,1-2H3. The van der Waals surface area contributed by atoms with E-state index in [0.717, 1.165) is 12.1 Å². The molecule has 0 radical (unpaired) electrons. The van der Waals surface area contributed by atoms with E-state index >= 15 is 0 Å². The Balaban J connectivity index is 2.04. The number of rotatable bonds is 5. The lowest BCUT2D eigenvalue weighted by atomic mass is 10.0. The van der Waals surface area contributed by atoms with Crippen LogP contribution in [0, 0.1) is 5.92 Å². The summed E-state index contributed by atoms with van der Waals surface area (Å²) in [4.78, 5) is 13.8. The Hall–Kier alpha value is -1.33. The van der Waals surface area contributed by atoms with Crippen LogP contribution in [0.1, 0.15) is 35.4 Å². The second kappa shape index (κ2) is 6.21. The van der Waals surface area contributed by atoms with E-state index in [1.807, 2.05) is 6.07 Å². The highest BCUT2D eigenvalue weighted by Gasteiger charge is 2.30. The zero-order valence-electron chi connectivity index (χ0n) is 11.6. The average Bonchev–Trinajstić information content (AvgIpc) is 3.05. The molecule has 5 nitrogen and oxygen atoms in total. The summed E-state index contributed by atoms with van der Waals surface area (Å²) in [6.07, 6.45) is 5.13. The average molecular weight is 266 g/mol. The molecule has 0 aliphatic heterocycles. The number of hydrogen-bond acceptors (Lipinski definition) is 5. The van der Waals surface area contributed by atoms with Crippen molar-refractivity contribution in [3.05, 3.63) is 23.7 Å². The Morgan fingerprint density at radius 1 is 1.58 bits per heavy atom. The van der Waals surface area contributed by atoms with Crippen molar-refractivity contribution in [1.82, 2.24) is 4.90 Å². The van der Waals surface area contributed by atoms with Crippen molar-refractivity contribution in [3.63, 3.8) is 0 Å². The maximum Gasteiger partial charge on any atom is 0.374 e. The number of nitrogens with two attached hydrogens (primary N) is 1. The van der Waals surface area contributed by atoms with Gasteiger partial charge in [0.1, 0.15) is 0 Å². The molecule has 1 aliphatic carbocycles. The maximum atomic E-state index is 11.6. The van der Waals surface area contributed by atoms with Crippen molar-refractivity contribution >= 4 is 5.97 Å². The van der Waals surface area contributed by atoms with E-state index in [1.54, 1.807) is 0 Å². The highest BCUT2D eigenvalue weighted by atomic mass is 16.5. The molecule has 0 aromatic carbocycles. The number of furan rings is 1. The molecule has 19 heavy (non-hydrogen) atoms. The number of nitrogens with zero attached hydrogens (tertiary/aromatic N) is 1. The van der Waals surface area contributed by atoms with E-state index < -0.39 is 5.97 Å². The maximum absolute atomic E-state index is 11.6. The fourth-order valence-electron chi connectivity index (χ4n) is 2.99. The van der Waals surface area contributed by atoms with Crippen LogP contribution in [0.2, 0.25) is 0 Å². The minimum absolute atomic E-state index is 0.302. The van der Waals surface area contributed by atoms with Gasteiger partial charge in [0, 0.05) is 18.2 Å². The summed E-state index contributed by atoms with van der Waals surface area (Å²) in [5.41, 5.74) is 6.69. The van der Waals surface area contributed by atoms with Gasteiger partial charge in [-0.3, -0.25) is 4.90 Å². The molecule has 5 heteroatoms. The van der Waals surface area contributed by atoms with E-state index in [0.29, 0.717) is 24.3 Å². The van der Waals surface area contributed by atoms with E-state index in [-0.39, 0.29) is 0 Å². The minimum Gasteiger partial charge on any atom is -0.463 e. The van der Waals surface area contributed by atoms with Crippen molar-refractivity contribution in [2.24, 2.45) is 11.7 Å². The highest BCUT2D eigenvalue weighted by molar-refractivity contribution is 5.87. The van der Waals surface area contributed by atoms with Crippen LogP contribution in [0.25, 0.3) is 0 Å². The topological polar surface area (TPSA) is 68.7 Å². The Labute approximate surface area is 113 Å². The number of carbonyl (C=O) groups is 1. The first-order valence-electron chi connectivity index (χ1n) is 6.72. The van der Waals surface area contributed by atoms with Crippen molar-refractivity contribution in [2.75, 3.05) is 20.7 Å². The smallest absolute Gasteiger partial charge is 0.374 e. The molecule has 0 bridgehead atoms. The summed E-state index contributed by atoms with van der Waals surface area (Å²) in [5.74, 6) is 0.435. The van der Waals surface area contributed by atoms with Crippen LogP contribution in [-0.2, 0) is 11.3 Å². The van der Waals surface area contributed by atoms with Gasteiger partial charge in [0.05, 0.1) is 13.4 Å². The number of ether oxygens (including phenoxy) is 1. The molecular formula is C14H22N2O3. The molecule has 1 heterocycles. The van der Waals surface area contributed by atoms with Gasteiger partial charge in [-0.05, 0) is 38.4 Å². The highest BCUT2D eigenvalue weighted by Crippen LogP contribution is 2.29. The van der Waals surface area contributed by atoms with Crippen LogP contribution in [0.3, 0.4) is 0 Å². The fraction of sp³-hybridized carbons (Fsp3) is 0.643. The van der Waals surface area contributed by atoms with E-state index in [1.165, 1.54) is 32.6 Å². The summed E-state index contributed by atoms with van der Waals surface area (Å²) < 4.78 is 9.92. The second-order valence-corrected chi connectivity index (χ2v) is 5.18. The van der Waals surface area contributed by atoms with Gasteiger partial charge < -0.3 is 14.9 Å². The van der Waals surface area contributed by atoms with Gasteiger partial charge in [-0.2, -0.15) is 0 Å². The van der Waals surface area contributed by atoms with E-state index in [9.17, 15) is 4.79 Å². The van der Waals surface area contributed by atoms with Gasteiger partial charge in [0.25, 0.3) is 0 Å². The number of hydrogen-bond donors (Lipinski definition) is 1. The van der Waals surface area contributed by atoms with Crippen LogP contribution in [0.15, 0.2) is 16.7 Å². The molecule has 1 aromatic heterocycles. The molecule has 106 valence electrons. The van der Waals surface area contributed by atoms with E-state index in [2.05, 4.69) is 11.9 Å². The molecule has 2 N–H and O–H groups in total. The molecule has 1 fully saturated rings. The van der Waals surface area contributed by atoms with Gasteiger partial charge >= 0.3 is 5.97 Å². The van der Waals surface area contributed by atoms with Gasteiger partial charge in [-0.25, -0.2) is 4.79 Å². The normalized spacial score (nSPS) is 22.9. The third-order valence-corrected chi connectivity index (χ3v) is 4.03. The lowest BCUT2D eigenvalue weighted by Gasteiger charge is -2.28. The van der Waals surface area contributed by atoms with Crippen molar-refractivity contribution in [1.29, 1.82) is 0 Å². The Bertz CT molecular complexity index is 430. The van der Waals surface area contributed by atoms with E-state index in [4.69, 9.17) is 14.9 Å². The Kier molecular flexibility index (Phi) is 4.61. The predicted molar refractivity (Wildman–Crippen MR) is 71.7 cm³/mol. The van der Waals surface area contributed by atoms with Crippen LogP contribution < -0.4 is 5.73 Å². The summed E-state index contributed by atoms with van der Waals surface area (Å²) >= 11 is 0. The van der Waals surface area contributed by atoms with Crippen LogP contribution in [0.5, 0.6) is 0 Å². The first-order chi connectivity index (χ1) is 9.17. The summed E-state index contributed by atoms with van der Waals surface area (Å²) in [5, 5.41) is 0. The minimum atomic E-state index is -0.421. The van der Waals surface area contributed by atoms with Crippen LogP contribution >= 0.6 is 0 Å². The van der Waals surface area contributed by atoms with Crippen LogP contribution in [-0.4, -0.2) is 37.6 Å². The van der Waals surface area contributed by atoms with Gasteiger partial charge in [-0.15, -0.1) is 0 Å². The van der Waals surface area contributed by atoms with Crippen molar-refractivity contribution in [2.45, 2.75) is 31.8 Å². The second-order valence-electron chi connectivity index (χ2n) is 5.18. The summed E-state index contributed by atoms with van der Waals surface area (Å²) in [6, 6.07) is 2.32. The predicted octanol–water partition coefficient (Wildman–Crippen LogP) is 1.63. The molecule has 1 aromatic rings. The molecule has 0 amide bonds. The van der Waals surface area contributed by atoms with Gasteiger partial charge in [-0.1, -0.05) is 6.42 Å². The van der Waals surface area contributed by atoms with Crippen molar-refractivity contribution < 1.29 is 13.9 Å². The largest absolute Gasteiger partial charge is 0.463 e. The first kappa shape index (κ1) is 14.1. The summed E-state index contributed by atoms with van der Waals surface area (Å²) in [6.45, 7) is 1.41. The molecule has 0 saturated heterocycles. The fourth-order valence-corrected chi connectivity index (χ4v) is 2.99. The zero-order chi connectivity index (χ0) is 13.8.